The molecule has 114 valence electrons. The van der Waals surface area contributed by atoms with Crippen molar-refractivity contribution < 1.29 is 14.7 Å². The Morgan fingerprint density at radius 2 is 2.05 bits per heavy atom. The Kier molecular flexibility index (Phi) is 4.88. The molecule has 3 N–H and O–H groups in total. The van der Waals surface area contributed by atoms with Crippen LogP contribution in [0, 0.1) is 12.3 Å². The maximum atomic E-state index is 11.9. The Hall–Kier alpha value is -1.56. The highest BCUT2D eigenvalue weighted by molar-refractivity contribution is 9.10. The van der Waals surface area contributed by atoms with Gasteiger partial charge in [-0.15, -0.1) is 0 Å². The smallest absolute Gasteiger partial charge is 0.319 e. The number of aliphatic carboxylic acids is 1. The van der Waals surface area contributed by atoms with Crippen LogP contribution < -0.4 is 10.6 Å². The average molecular weight is 355 g/mol. The Balaban J connectivity index is 1.88. The maximum Gasteiger partial charge on any atom is 0.319 e. The van der Waals surface area contributed by atoms with E-state index >= 15 is 0 Å². The fourth-order valence-electron chi connectivity index (χ4n) is 2.67. The van der Waals surface area contributed by atoms with Crippen molar-refractivity contribution in [3.05, 3.63) is 28.2 Å². The predicted molar refractivity (Wildman–Crippen MR) is 84.4 cm³/mol. The maximum absolute atomic E-state index is 11.9. The molecule has 21 heavy (non-hydrogen) atoms. The number of amides is 2. The minimum absolute atomic E-state index is 0.114. The lowest BCUT2D eigenvalue weighted by molar-refractivity contribution is -0.141. The average Bonchev–Trinajstić information content (AvgIpc) is 2.30. The highest BCUT2D eigenvalue weighted by Gasteiger charge is 2.39. The van der Waals surface area contributed by atoms with E-state index in [1.807, 2.05) is 25.1 Å². The Bertz CT molecular complexity index is 536. The summed E-state index contributed by atoms with van der Waals surface area (Å²) in [6.07, 6.45) is 2.86. The molecule has 0 aliphatic heterocycles. The summed E-state index contributed by atoms with van der Waals surface area (Å²) in [4.78, 5) is 22.8. The van der Waals surface area contributed by atoms with Gasteiger partial charge in [0.15, 0.2) is 0 Å². The molecule has 1 fully saturated rings. The molecular weight excluding hydrogens is 336 g/mol. The van der Waals surface area contributed by atoms with Crippen molar-refractivity contribution in [2.45, 2.75) is 32.6 Å². The number of urea groups is 1. The normalized spacial score (nSPS) is 15.9. The van der Waals surface area contributed by atoms with Gasteiger partial charge in [0, 0.05) is 16.7 Å². The van der Waals surface area contributed by atoms with Gasteiger partial charge in [0.2, 0.25) is 0 Å². The van der Waals surface area contributed by atoms with Crippen LogP contribution in [0.2, 0.25) is 0 Å². The van der Waals surface area contributed by atoms with Crippen LogP contribution in [-0.4, -0.2) is 23.7 Å². The van der Waals surface area contributed by atoms with Crippen LogP contribution in [0.4, 0.5) is 10.5 Å². The summed E-state index contributed by atoms with van der Waals surface area (Å²) in [5, 5.41) is 14.5. The Labute approximate surface area is 132 Å². The van der Waals surface area contributed by atoms with Crippen LogP contribution in [0.25, 0.3) is 0 Å². The summed E-state index contributed by atoms with van der Waals surface area (Å²) in [5.74, 6) is -0.806. The van der Waals surface area contributed by atoms with Gasteiger partial charge in [0.1, 0.15) is 0 Å². The zero-order valence-corrected chi connectivity index (χ0v) is 13.5. The summed E-state index contributed by atoms with van der Waals surface area (Å²) in [7, 11) is 0. The third-order valence-corrected chi connectivity index (χ3v) is 4.32. The minimum atomic E-state index is -0.806. The second kappa shape index (κ2) is 6.47. The molecule has 0 aromatic heterocycles. The summed E-state index contributed by atoms with van der Waals surface area (Å²) in [6, 6.07) is 5.35. The van der Waals surface area contributed by atoms with Gasteiger partial charge in [0.05, 0.1) is 6.42 Å². The molecule has 2 rings (SSSR count). The van der Waals surface area contributed by atoms with E-state index in [0.29, 0.717) is 12.2 Å². The van der Waals surface area contributed by atoms with Gasteiger partial charge in [-0.25, -0.2) is 4.79 Å². The van der Waals surface area contributed by atoms with Crippen LogP contribution in [0.1, 0.15) is 31.2 Å². The first-order valence-corrected chi connectivity index (χ1v) is 7.72. The zero-order valence-electron chi connectivity index (χ0n) is 11.9. The van der Waals surface area contributed by atoms with Crippen molar-refractivity contribution in [2.75, 3.05) is 11.9 Å². The molecule has 0 unspecified atom stereocenters. The van der Waals surface area contributed by atoms with Crippen molar-refractivity contribution >= 4 is 33.6 Å². The van der Waals surface area contributed by atoms with Crippen molar-refractivity contribution in [1.82, 2.24) is 5.32 Å². The van der Waals surface area contributed by atoms with Crippen LogP contribution in [0.3, 0.4) is 0 Å². The molecule has 0 spiro atoms. The summed E-state index contributed by atoms with van der Waals surface area (Å²) < 4.78 is 0.902. The molecule has 1 aromatic carbocycles. The van der Waals surface area contributed by atoms with Crippen molar-refractivity contribution in [3.63, 3.8) is 0 Å². The van der Waals surface area contributed by atoms with Gasteiger partial charge in [-0.05, 0) is 48.9 Å². The van der Waals surface area contributed by atoms with Gasteiger partial charge in [-0.3, -0.25) is 4.79 Å². The number of rotatable bonds is 5. The van der Waals surface area contributed by atoms with Crippen molar-refractivity contribution in [1.29, 1.82) is 0 Å². The second-order valence-corrected chi connectivity index (χ2v) is 6.66. The molecule has 0 saturated heterocycles. The molecule has 0 radical (unpaired) electrons. The first-order valence-electron chi connectivity index (χ1n) is 6.92. The summed E-state index contributed by atoms with van der Waals surface area (Å²) >= 11 is 3.38. The number of aryl methyl sites for hydroxylation is 1. The fraction of sp³-hybridized carbons (Fsp3) is 0.467. The first-order chi connectivity index (χ1) is 9.88. The minimum Gasteiger partial charge on any atom is -0.481 e. The SMILES string of the molecule is Cc1cc(Br)cc(NC(=O)NCC2(CC(=O)O)CCC2)c1. The number of nitrogens with one attached hydrogen (secondary N) is 2. The van der Waals surface area contributed by atoms with E-state index < -0.39 is 5.97 Å². The molecular formula is C15H19BrN2O3. The van der Waals surface area contributed by atoms with E-state index in [9.17, 15) is 9.59 Å². The highest BCUT2D eigenvalue weighted by Crippen LogP contribution is 2.43. The van der Waals surface area contributed by atoms with E-state index in [4.69, 9.17) is 5.11 Å². The van der Waals surface area contributed by atoms with Gasteiger partial charge in [-0.2, -0.15) is 0 Å². The number of carbonyl (C=O) groups excluding carboxylic acids is 1. The topological polar surface area (TPSA) is 78.4 Å². The van der Waals surface area contributed by atoms with E-state index in [2.05, 4.69) is 26.6 Å². The molecule has 2 amide bonds. The standard InChI is InChI=1S/C15H19BrN2O3/c1-10-5-11(16)7-12(6-10)18-14(21)17-9-15(3-2-4-15)8-13(19)20/h5-7H,2-4,8-9H2,1H3,(H,19,20)(H2,17,18,21). The summed E-state index contributed by atoms with van der Waals surface area (Å²) in [5.41, 5.74) is 1.48. The fourth-order valence-corrected chi connectivity index (χ4v) is 3.27. The van der Waals surface area contributed by atoms with Gasteiger partial charge in [0.25, 0.3) is 0 Å². The van der Waals surface area contributed by atoms with Crippen molar-refractivity contribution in [2.24, 2.45) is 5.41 Å². The van der Waals surface area contributed by atoms with Crippen LogP contribution >= 0.6 is 15.9 Å². The van der Waals surface area contributed by atoms with Crippen LogP contribution in [-0.2, 0) is 4.79 Å². The Morgan fingerprint density at radius 3 is 2.57 bits per heavy atom. The number of anilines is 1. The monoisotopic (exact) mass is 354 g/mol. The number of hydrogen-bond acceptors (Lipinski definition) is 2. The lowest BCUT2D eigenvalue weighted by Gasteiger charge is -2.40. The van der Waals surface area contributed by atoms with E-state index in [-0.39, 0.29) is 17.9 Å². The van der Waals surface area contributed by atoms with Crippen molar-refractivity contribution in [3.8, 4) is 0 Å². The Morgan fingerprint density at radius 1 is 1.33 bits per heavy atom. The zero-order chi connectivity index (χ0) is 15.5. The van der Waals surface area contributed by atoms with Crippen LogP contribution in [0.5, 0.6) is 0 Å². The van der Waals surface area contributed by atoms with E-state index in [1.54, 1.807) is 0 Å². The number of carboxylic acid groups (broad SMARTS) is 1. The molecule has 0 atom stereocenters. The largest absolute Gasteiger partial charge is 0.481 e. The number of halogens is 1. The molecule has 1 aromatic rings. The number of carbonyl (C=O) groups is 2. The molecule has 5 nitrogen and oxygen atoms in total. The lowest BCUT2D eigenvalue weighted by atomic mass is 9.66. The second-order valence-electron chi connectivity index (χ2n) is 5.75. The third-order valence-electron chi connectivity index (χ3n) is 3.86. The third kappa shape index (κ3) is 4.46. The first kappa shape index (κ1) is 15.8. The molecule has 1 aliphatic rings. The lowest BCUT2D eigenvalue weighted by Crippen LogP contribution is -2.44. The molecule has 0 bridgehead atoms. The number of benzene rings is 1. The summed E-state index contributed by atoms with van der Waals surface area (Å²) in [6.45, 7) is 2.35. The number of hydrogen-bond donors (Lipinski definition) is 3. The quantitative estimate of drug-likeness (QED) is 0.756. The predicted octanol–water partition coefficient (Wildman–Crippen LogP) is 3.52. The molecule has 6 heteroatoms. The van der Waals surface area contributed by atoms with Gasteiger partial charge >= 0.3 is 12.0 Å². The van der Waals surface area contributed by atoms with E-state index in [1.165, 1.54) is 0 Å². The van der Waals surface area contributed by atoms with Gasteiger partial charge in [-0.1, -0.05) is 22.4 Å². The van der Waals surface area contributed by atoms with E-state index in [0.717, 1.165) is 29.3 Å². The molecule has 0 heterocycles. The molecule has 1 saturated carbocycles. The molecule has 1 aliphatic carbocycles. The van der Waals surface area contributed by atoms with Crippen LogP contribution in [0.15, 0.2) is 22.7 Å². The highest BCUT2D eigenvalue weighted by atomic mass is 79.9. The number of carboxylic acids is 1. The van der Waals surface area contributed by atoms with Gasteiger partial charge < -0.3 is 15.7 Å².